The van der Waals surface area contributed by atoms with E-state index in [1.54, 1.807) is 0 Å². The van der Waals surface area contributed by atoms with Gasteiger partial charge in [0.1, 0.15) is 5.69 Å². The van der Waals surface area contributed by atoms with E-state index in [1.165, 1.54) is 23.9 Å². The minimum Gasteiger partial charge on any atom is -0.353 e. The Morgan fingerprint density at radius 3 is 2.92 bits per heavy atom. The molecule has 0 spiro atoms. The van der Waals surface area contributed by atoms with Gasteiger partial charge in [0.05, 0.1) is 17.5 Å². The van der Waals surface area contributed by atoms with E-state index in [2.05, 4.69) is 20.9 Å². The Hall–Kier alpha value is -2.38. The van der Waals surface area contributed by atoms with Crippen molar-refractivity contribution in [3.05, 3.63) is 57.4 Å². The minimum atomic E-state index is -0.551. The molecule has 0 unspecified atom stereocenters. The summed E-state index contributed by atoms with van der Waals surface area (Å²) in [5.41, 5.74) is 1.12. The van der Waals surface area contributed by atoms with E-state index < -0.39 is 4.92 Å². The Kier molecular flexibility index (Phi) is 5.06. The Morgan fingerprint density at radius 1 is 1.44 bits per heavy atom. The van der Waals surface area contributed by atoms with Gasteiger partial charge in [-0.3, -0.25) is 19.8 Å². The number of carbonyl (C=O) groups excluding carboxylic acids is 1. The van der Waals surface area contributed by atoms with E-state index in [9.17, 15) is 14.9 Å². The van der Waals surface area contributed by atoms with Crippen molar-refractivity contribution in [2.75, 3.05) is 18.4 Å². The number of hydrogen-bond donors (Lipinski definition) is 1. The summed E-state index contributed by atoms with van der Waals surface area (Å²) in [6.45, 7) is 1.02. The molecule has 25 heavy (non-hydrogen) atoms. The average Bonchev–Trinajstić information content (AvgIpc) is 3.17. The zero-order valence-corrected chi connectivity index (χ0v) is 14.6. The molecule has 1 aliphatic rings. The molecule has 3 rings (SSSR count). The molecule has 7 nitrogen and oxygen atoms in total. The van der Waals surface area contributed by atoms with Crippen molar-refractivity contribution in [1.29, 1.82) is 0 Å². The number of likely N-dealkylation sites (tertiary alicyclic amines) is 1. The molecule has 132 valence electrons. The summed E-state index contributed by atoms with van der Waals surface area (Å²) in [5.74, 6) is -0.272. The van der Waals surface area contributed by atoms with Crippen molar-refractivity contribution in [3.8, 4) is 0 Å². The Balaban J connectivity index is 1.71. The maximum Gasteiger partial charge on any atom is 0.294 e. The number of hydrogen-bond acceptors (Lipinski definition) is 4. The molecule has 1 aromatic heterocycles. The number of nitrogens with zero attached hydrogens (tertiary/aromatic N) is 3. The van der Waals surface area contributed by atoms with Crippen molar-refractivity contribution in [1.82, 2.24) is 9.47 Å². The molecule has 1 aliphatic heterocycles. The molecule has 0 bridgehead atoms. The second-order valence-corrected chi connectivity index (χ2v) is 6.58. The topological polar surface area (TPSA) is 80.4 Å². The third kappa shape index (κ3) is 3.83. The monoisotopic (exact) mass is 362 g/mol. The first-order valence-electron chi connectivity index (χ1n) is 8.05. The molecular formula is C17H19ClN4O3. The number of carbonyl (C=O) groups is 1. The first-order chi connectivity index (χ1) is 12.0. The molecule has 1 aromatic carbocycles. The fourth-order valence-corrected chi connectivity index (χ4v) is 3.47. The molecule has 2 aromatic rings. The van der Waals surface area contributed by atoms with Crippen molar-refractivity contribution in [2.24, 2.45) is 7.05 Å². The standard InChI is InChI=1S/C17H19ClN4O3/c1-20-8-2-4-14(20)15-5-3-9-21(15)11-17(23)19-13-7-6-12(18)10-16(13)22(24)25/h2,4,6-8,10,15H,3,5,9,11H2,1H3,(H,19,23)/t15-/m1/s1. The van der Waals surface area contributed by atoms with Crippen LogP contribution in [-0.4, -0.2) is 33.4 Å². The number of aryl methyl sites for hydroxylation is 1. The van der Waals surface area contributed by atoms with Crippen LogP contribution in [0, 0.1) is 10.1 Å². The second kappa shape index (κ2) is 7.25. The van der Waals surface area contributed by atoms with Gasteiger partial charge in [-0.15, -0.1) is 0 Å². The molecule has 1 fully saturated rings. The summed E-state index contributed by atoms with van der Waals surface area (Å²) < 4.78 is 2.06. The lowest BCUT2D eigenvalue weighted by atomic mass is 10.1. The summed E-state index contributed by atoms with van der Waals surface area (Å²) in [6.07, 6.45) is 4.00. The van der Waals surface area contributed by atoms with Gasteiger partial charge in [0.15, 0.2) is 0 Å². The molecule has 1 atom stereocenters. The lowest BCUT2D eigenvalue weighted by Crippen LogP contribution is -2.33. The van der Waals surface area contributed by atoms with E-state index in [0.717, 1.165) is 19.4 Å². The Labute approximate surface area is 150 Å². The van der Waals surface area contributed by atoms with Gasteiger partial charge >= 0.3 is 0 Å². The van der Waals surface area contributed by atoms with Crippen LogP contribution >= 0.6 is 11.6 Å². The van der Waals surface area contributed by atoms with Crippen LogP contribution < -0.4 is 5.32 Å². The zero-order chi connectivity index (χ0) is 18.0. The number of rotatable bonds is 5. The van der Waals surface area contributed by atoms with Gasteiger partial charge in [-0.1, -0.05) is 11.6 Å². The summed E-state index contributed by atoms with van der Waals surface area (Å²) in [6, 6.07) is 8.45. The molecule has 0 saturated carbocycles. The van der Waals surface area contributed by atoms with Crippen LogP contribution in [0.3, 0.4) is 0 Å². The van der Waals surface area contributed by atoms with Crippen LogP contribution in [0.25, 0.3) is 0 Å². The van der Waals surface area contributed by atoms with E-state index >= 15 is 0 Å². The lowest BCUT2D eigenvalue weighted by molar-refractivity contribution is -0.383. The maximum atomic E-state index is 12.4. The smallest absolute Gasteiger partial charge is 0.294 e. The van der Waals surface area contributed by atoms with Crippen LogP contribution in [0.5, 0.6) is 0 Å². The van der Waals surface area contributed by atoms with Gasteiger partial charge in [-0.05, 0) is 43.7 Å². The Morgan fingerprint density at radius 2 is 2.24 bits per heavy atom. The number of benzene rings is 1. The van der Waals surface area contributed by atoms with Crippen LogP contribution in [-0.2, 0) is 11.8 Å². The predicted molar refractivity (Wildman–Crippen MR) is 95.7 cm³/mol. The minimum absolute atomic E-state index is 0.161. The average molecular weight is 363 g/mol. The third-order valence-electron chi connectivity index (χ3n) is 4.47. The molecule has 2 heterocycles. The van der Waals surface area contributed by atoms with Crippen molar-refractivity contribution in [3.63, 3.8) is 0 Å². The summed E-state index contributed by atoms with van der Waals surface area (Å²) in [5, 5.41) is 14.0. The molecule has 1 amide bonds. The molecule has 0 aliphatic carbocycles. The highest BCUT2D eigenvalue weighted by Crippen LogP contribution is 2.32. The van der Waals surface area contributed by atoms with E-state index in [1.807, 2.05) is 19.3 Å². The van der Waals surface area contributed by atoms with Gasteiger partial charge in [0.2, 0.25) is 5.91 Å². The quantitative estimate of drug-likeness (QED) is 0.653. The highest BCUT2D eigenvalue weighted by Gasteiger charge is 2.29. The van der Waals surface area contributed by atoms with Gasteiger partial charge in [-0.25, -0.2) is 0 Å². The van der Waals surface area contributed by atoms with E-state index in [4.69, 9.17) is 11.6 Å². The summed E-state index contributed by atoms with van der Waals surface area (Å²) in [4.78, 5) is 25.1. The zero-order valence-electron chi connectivity index (χ0n) is 13.8. The number of halogens is 1. The lowest BCUT2D eigenvalue weighted by Gasteiger charge is -2.24. The van der Waals surface area contributed by atoms with Crippen LogP contribution in [0.4, 0.5) is 11.4 Å². The van der Waals surface area contributed by atoms with Crippen LogP contribution in [0.15, 0.2) is 36.5 Å². The summed E-state index contributed by atoms with van der Waals surface area (Å²) >= 11 is 5.80. The third-order valence-corrected chi connectivity index (χ3v) is 4.70. The van der Waals surface area contributed by atoms with E-state index in [-0.39, 0.29) is 34.9 Å². The first-order valence-corrected chi connectivity index (χ1v) is 8.42. The molecule has 0 radical (unpaired) electrons. The normalized spacial score (nSPS) is 17.6. The van der Waals surface area contributed by atoms with Crippen molar-refractivity contribution >= 4 is 28.9 Å². The molecule has 1 saturated heterocycles. The predicted octanol–water partition coefficient (Wildman–Crippen LogP) is 3.36. The highest BCUT2D eigenvalue weighted by molar-refractivity contribution is 6.31. The van der Waals surface area contributed by atoms with E-state index in [0.29, 0.717) is 0 Å². The SMILES string of the molecule is Cn1cccc1[C@H]1CCCN1CC(=O)Nc1ccc(Cl)cc1[N+](=O)[O-]. The highest BCUT2D eigenvalue weighted by atomic mass is 35.5. The fourth-order valence-electron chi connectivity index (χ4n) is 3.31. The van der Waals surface area contributed by atoms with Crippen LogP contribution in [0.2, 0.25) is 5.02 Å². The largest absolute Gasteiger partial charge is 0.353 e. The van der Waals surface area contributed by atoms with Crippen LogP contribution in [0.1, 0.15) is 24.6 Å². The number of amides is 1. The van der Waals surface area contributed by atoms with Gasteiger partial charge in [0, 0.05) is 30.0 Å². The van der Waals surface area contributed by atoms with Crippen molar-refractivity contribution < 1.29 is 9.72 Å². The molecule has 8 heteroatoms. The summed E-state index contributed by atoms with van der Waals surface area (Å²) in [7, 11) is 1.99. The van der Waals surface area contributed by atoms with Gasteiger partial charge in [-0.2, -0.15) is 0 Å². The maximum absolute atomic E-state index is 12.4. The number of aromatic nitrogens is 1. The Bertz CT molecular complexity index is 805. The van der Waals surface area contributed by atoms with Crippen molar-refractivity contribution in [2.45, 2.75) is 18.9 Å². The second-order valence-electron chi connectivity index (χ2n) is 6.14. The van der Waals surface area contributed by atoms with Gasteiger partial charge < -0.3 is 9.88 Å². The van der Waals surface area contributed by atoms with Gasteiger partial charge in [0.25, 0.3) is 5.69 Å². The number of nitro groups is 1. The number of nitrogens with one attached hydrogen (secondary N) is 1. The molecule has 1 N–H and O–H groups in total. The fraction of sp³-hybridized carbons (Fsp3) is 0.353. The first kappa shape index (κ1) is 17.4. The molecular weight excluding hydrogens is 344 g/mol. The number of anilines is 1. The number of nitro benzene ring substituents is 1.